The van der Waals surface area contributed by atoms with Crippen LogP contribution in [0.5, 0.6) is 5.75 Å². The van der Waals surface area contributed by atoms with Crippen molar-refractivity contribution in [1.82, 2.24) is 9.97 Å². The maximum absolute atomic E-state index is 11.8. The van der Waals surface area contributed by atoms with Crippen molar-refractivity contribution >= 4 is 27.8 Å². The third kappa shape index (κ3) is 5.93. The molecule has 3 aromatic rings. The lowest BCUT2D eigenvalue weighted by atomic mass is 10.0. The van der Waals surface area contributed by atoms with Crippen LogP contribution in [0.4, 0.5) is 5.95 Å². The highest BCUT2D eigenvalue weighted by Gasteiger charge is 2.29. The fourth-order valence-corrected chi connectivity index (χ4v) is 4.50. The van der Waals surface area contributed by atoms with Gasteiger partial charge in [0.2, 0.25) is 5.95 Å². The van der Waals surface area contributed by atoms with E-state index in [4.69, 9.17) is 15.5 Å². The van der Waals surface area contributed by atoms with Gasteiger partial charge >= 0.3 is 5.97 Å². The highest BCUT2D eigenvalue weighted by Crippen LogP contribution is 2.35. The molecule has 1 fully saturated rings. The Balaban J connectivity index is 1.50. The molecular weight excluding hydrogens is 496 g/mol. The number of rotatable bonds is 10. The number of nitrogens with zero attached hydrogens (tertiary/aromatic N) is 3. The van der Waals surface area contributed by atoms with Crippen molar-refractivity contribution in [2.75, 3.05) is 24.6 Å². The second kappa shape index (κ2) is 11.4. The van der Waals surface area contributed by atoms with Crippen LogP contribution in [0.1, 0.15) is 52.5 Å². The van der Waals surface area contributed by atoms with E-state index in [-0.39, 0.29) is 11.6 Å². The van der Waals surface area contributed by atoms with E-state index < -0.39 is 5.97 Å². The predicted octanol–water partition coefficient (Wildman–Crippen LogP) is 4.79. The zero-order valence-corrected chi connectivity index (χ0v) is 20.6. The van der Waals surface area contributed by atoms with Gasteiger partial charge in [0.25, 0.3) is 0 Å². The molecule has 1 aliphatic heterocycles. The van der Waals surface area contributed by atoms with Crippen molar-refractivity contribution in [3.05, 3.63) is 81.6 Å². The maximum Gasteiger partial charge on any atom is 0.339 e. The summed E-state index contributed by atoms with van der Waals surface area (Å²) >= 11 is 3.49. The van der Waals surface area contributed by atoms with Gasteiger partial charge in [-0.15, -0.1) is 0 Å². The molecule has 2 aromatic carbocycles. The lowest BCUT2D eigenvalue weighted by molar-refractivity contribution is 0.0694. The van der Waals surface area contributed by atoms with Crippen molar-refractivity contribution in [3.63, 3.8) is 0 Å². The summed E-state index contributed by atoms with van der Waals surface area (Å²) in [6, 6.07) is 16.4. The Hall–Kier alpha value is -2.97. The Morgan fingerprint density at radius 3 is 2.62 bits per heavy atom. The van der Waals surface area contributed by atoms with E-state index in [1.54, 1.807) is 0 Å². The van der Waals surface area contributed by atoms with E-state index in [1.807, 2.05) is 36.4 Å². The van der Waals surface area contributed by atoms with Crippen LogP contribution in [0, 0.1) is 0 Å². The average molecular weight is 525 g/mol. The molecule has 7 nitrogen and oxygen atoms in total. The van der Waals surface area contributed by atoms with Gasteiger partial charge in [-0.3, -0.25) is 0 Å². The van der Waals surface area contributed by atoms with Crippen molar-refractivity contribution in [2.45, 2.75) is 38.1 Å². The molecule has 0 saturated carbocycles. The number of carboxylic acid groups (broad SMARTS) is 1. The zero-order valence-electron chi connectivity index (χ0n) is 19.0. The van der Waals surface area contributed by atoms with Gasteiger partial charge in [-0.1, -0.05) is 40.2 Å². The van der Waals surface area contributed by atoms with Gasteiger partial charge in [-0.05, 0) is 74.0 Å². The van der Waals surface area contributed by atoms with Gasteiger partial charge in [0.15, 0.2) is 0 Å². The predicted molar refractivity (Wildman–Crippen MR) is 135 cm³/mol. The summed E-state index contributed by atoms with van der Waals surface area (Å²) in [5, 5.41) is 9.69. The minimum atomic E-state index is -1.00. The minimum Gasteiger partial charge on any atom is -0.494 e. The first kappa shape index (κ1) is 24.2. The van der Waals surface area contributed by atoms with Crippen LogP contribution in [0.15, 0.2) is 59.2 Å². The Labute approximate surface area is 208 Å². The maximum atomic E-state index is 11.8. The van der Waals surface area contributed by atoms with Crippen molar-refractivity contribution in [1.29, 1.82) is 0 Å². The van der Waals surface area contributed by atoms with Gasteiger partial charge < -0.3 is 20.5 Å². The molecule has 3 N–H and O–H groups in total. The van der Waals surface area contributed by atoms with Gasteiger partial charge in [0.1, 0.15) is 5.75 Å². The Morgan fingerprint density at radius 1 is 1.15 bits per heavy atom. The number of ether oxygens (including phenoxy) is 1. The summed E-state index contributed by atoms with van der Waals surface area (Å²) < 4.78 is 6.70. The molecule has 1 unspecified atom stereocenters. The lowest BCUT2D eigenvalue weighted by Gasteiger charge is -2.25. The molecule has 0 radical (unpaired) electrons. The van der Waals surface area contributed by atoms with Crippen LogP contribution in [0.25, 0.3) is 0 Å². The summed E-state index contributed by atoms with van der Waals surface area (Å²) in [6.45, 7) is 2.05. The van der Waals surface area contributed by atoms with Crippen LogP contribution in [0.3, 0.4) is 0 Å². The highest BCUT2D eigenvalue weighted by molar-refractivity contribution is 9.10. The molecule has 0 amide bonds. The molecule has 4 rings (SSSR count). The Bertz CT molecular complexity index is 1110. The van der Waals surface area contributed by atoms with Crippen molar-refractivity contribution in [2.24, 2.45) is 5.73 Å². The number of nitrogens with two attached hydrogens (primary N) is 1. The molecule has 2 heterocycles. The van der Waals surface area contributed by atoms with Gasteiger partial charge in [0, 0.05) is 17.2 Å². The number of halogens is 1. The van der Waals surface area contributed by atoms with E-state index in [9.17, 15) is 9.90 Å². The normalized spacial score (nSPS) is 15.5. The van der Waals surface area contributed by atoms with E-state index in [1.165, 1.54) is 11.8 Å². The Kier molecular flexibility index (Phi) is 8.13. The quantitative estimate of drug-likeness (QED) is 0.367. The molecule has 1 saturated heterocycles. The topological polar surface area (TPSA) is 102 Å². The summed E-state index contributed by atoms with van der Waals surface area (Å²) in [4.78, 5) is 23.2. The molecule has 0 bridgehead atoms. The van der Waals surface area contributed by atoms with Gasteiger partial charge in [0.05, 0.1) is 23.9 Å². The van der Waals surface area contributed by atoms with E-state index >= 15 is 0 Å². The number of aromatic carboxylic acids is 1. The van der Waals surface area contributed by atoms with Crippen LogP contribution in [0.2, 0.25) is 0 Å². The molecule has 1 aliphatic rings. The molecule has 34 heavy (non-hydrogen) atoms. The van der Waals surface area contributed by atoms with Crippen molar-refractivity contribution in [3.8, 4) is 5.75 Å². The van der Waals surface area contributed by atoms with Crippen LogP contribution < -0.4 is 15.4 Å². The fraction of sp³-hybridized carbons (Fsp3) is 0.346. The van der Waals surface area contributed by atoms with Crippen LogP contribution in [-0.2, 0) is 12.8 Å². The van der Waals surface area contributed by atoms with E-state index in [2.05, 4.69) is 37.9 Å². The van der Waals surface area contributed by atoms with Crippen molar-refractivity contribution < 1.29 is 14.6 Å². The first-order chi connectivity index (χ1) is 16.5. The number of hydrogen-bond acceptors (Lipinski definition) is 6. The molecular formula is C26H29BrN4O3. The number of aryl methyl sites for hydroxylation is 2. The third-order valence-corrected chi connectivity index (χ3v) is 6.57. The minimum absolute atomic E-state index is 0.157. The van der Waals surface area contributed by atoms with Crippen LogP contribution in [-0.4, -0.2) is 40.7 Å². The fourth-order valence-electron chi connectivity index (χ4n) is 4.24. The summed E-state index contributed by atoms with van der Waals surface area (Å²) in [6.07, 6.45) is 5.51. The number of aromatic nitrogens is 2. The van der Waals surface area contributed by atoms with Gasteiger partial charge in [-0.2, -0.15) is 0 Å². The number of anilines is 1. The molecule has 0 spiro atoms. The monoisotopic (exact) mass is 524 g/mol. The standard InChI is InChI=1S/C26H29BrN4O3/c27-20-9-7-19(8-10-20)24-3-1-15-31(24)26-29-17-22(25(32)33)23(30-26)13-6-18-4-11-21(12-5-18)34-16-2-14-28/h4-5,7-12,17,24H,1-3,6,13-16,28H2,(H,32,33). The van der Waals surface area contributed by atoms with E-state index in [0.717, 1.165) is 41.6 Å². The highest BCUT2D eigenvalue weighted by atomic mass is 79.9. The number of carbonyl (C=O) groups is 1. The average Bonchev–Trinajstić information content (AvgIpc) is 3.34. The molecule has 1 aromatic heterocycles. The zero-order chi connectivity index (χ0) is 23.9. The van der Waals surface area contributed by atoms with Crippen LogP contribution >= 0.6 is 15.9 Å². The second-order valence-corrected chi connectivity index (χ2v) is 9.29. The molecule has 0 aliphatic carbocycles. The largest absolute Gasteiger partial charge is 0.494 e. The first-order valence-electron chi connectivity index (χ1n) is 11.6. The summed E-state index contributed by atoms with van der Waals surface area (Å²) in [7, 11) is 0. The second-order valence-electron chi connectivity index (χ2n) is 8.37. The van der Waals surface area contributed by atoms with E-state index in [0.29, 0.717) is 37.6 Å². The summed E-state index contributed by atoms with van der Waals surface area (Å²) in [5.41, 5.74) is 8.52. The lowest BCUT2D eigenvalue weighted by Crippen LogP contribution is -2.25. The molecule has 178 valence electrons. The third-order valence-electron chi connectivity index (χ3n) is 6.04. The Morgan fingerprint density at radius 2 is 1.91 bits per heavy atom. The molecule has 1 atom stereocenters. The van der Waals surface area contributed by atoms with Gasteiger partial charge in [-0.25, -0.2) is 14.8 Å². The smallest absolute Gasteiger partial charge is 0.339 e. The summed E-state index contributed by atoms with van der Waals surface area (Å²) in [5.74, 6) is 0.394. The first-order valence-corrected chi connectivity index (χ1v) is 12.4. The molecule has 8 heteroatoms. The number of benzene rings is 2. The number of hydrogen-bond donors (Lipinski definition) is 2. The number of carboxylic acids is 1. The SMILES string of the molecule is NCCCOc1ccc(CCc2nc(N3CCCC3c3ccc(Br)cc3)ncc2C(=O)O)cc1.